The Labute approximate surface area is 231 Å². The number of carbonyl (C=O) groups is 2. The van der Waals surface area contributed by atoms with Gasteiger partial charge >= 0.3 is 12.1 Å². The van der Waals surface area contributed by atoms with Crippen LogP contribution in [-0.2, 0) is 11.0 Å². The van der Waals surface area contributed by atoms with Gasteiger partial charge in [0.2, 0.25) is 0 Å². The van der Waals surface area contributed by atoms with Gasteiger partial charge in [0.25, 0.3) is 5.91 Å². The lowest BCUT2D eigenvalue weighted by molar-refractivity contribution is -0.138. The number of anilines is 1. The SMILES string of the molecule is Cc1c(N2CCCCC2)nc2ccc(Br)cc2c1C(=O)NC[C@@H](CCC(=O)O)c1c(F)cccc1C(F)(F)F. The molecule has 2 heterocycles. The highest BCUT2D eigenvalue weighted by atomic mass is 79.9. The van der Waals surface area contributed by atoms with E-state index in [-0.39, 0.29) is 13.0 Å². The third-order valence-electron chi connectivity index (χ3n) is 7.03. The molecule has 6 nitrogen and oxygen atoms in total. The van der Waals surface area contributed by atoms with E-state index in [2.05, 4.69) is 26.1 Å². The lowest BCUT2D eigenvalue weighted by Crippen LogP contribution is -2.33. The Kier molecular flexibility index (Phi) is 8.78. The number of alkyl halides is 3. The molecule has 11 heteroatoms. The first-order valence-electron chi connectivity index (χ1n) is 12.7. The van der Waals surface area contributed by atoms with E-state index in [0.29, 0.717) is 27.8 Å². The normalized spacial score (nSPS) is 14.9. The number of carboxylic acids is 1. The average molecular weight is 610 g/mol. The summed E-state index contributed by atoms with van der Waals surface area (Å²) in [4.78, 5) is 31.9. The largest absolute Gasteiger partial charge is 0.481 e. The van der Waals surface area contributed by atoms with Crippen LogP contribution in [0.2, 0.25) is 0 Å². The fourth-order valence-corrected chi connectivity index (χ4v) is 5.53. The van der Waals surface area contributed by atoms with Crippen LogP contribution in [0.25, 0.3) is 10.9 Å². The Bertz CT molecular complexity index is 1390. The second-order valence-electron chi connectivity index (χ2n) is 9.68. The molecule has 0 radical (unpaired) electrons. The van der Waals surface area contributed by atoms with Crippen LogP contribution in [0.15, 0.2) is 40.9 Å². The Morgan fingerprint density at radius 3 is 2.54 bits per heavy atom. The monoisotopic (exact) mass is 609 g/mol. The Morgan fingerprint density at radius 1 is 1.15 bits per heavy atom. The zero-order valence-electron chi connectivity index (χ0n) is 21.2. The topological polar surface area (TPSA) is 82.5 Å². The van der Waals surface area contributed by atoms with Gasteiger partial charge in [0.15, 0.2) is 0 Å². The number of hydrogen-bond donors (Lipinski definition) is 2. The summed E-state index contributed by atoms with van der Waals surface area (Å²) in [6, 6.07) is 7.98. The summed E-state index contributed by atoms with van der Waals surface area (Å²) in [5, 5.41) is 12.4. The number of pyridine rings is 1. The molecule has 4 rings (SSSR count). The predicted octanol–water partition coefficient (Wildman–Crippen LogP) is 6.83. The zero-order valence-corrected chi connectivity index (χ0v) is 22.8. The van der Waals surface area contributed by atoms with E-state index in [1.807, 2.05) is 6.07 Å². The van der Waals surface area contributed by atoms with Gasteiger partial charge in [-0.15, -0.1) is 0 Å². The number of nitrogens with one attached hydrogen (secondary N) is 1. The number of benzene rings is 2. The van der Waals surface area contributed by atoms with Crippen molar-refractivity contribution in [1.29, 1.82) is 0 Å². The number of hydrogen-bond acceptors (Lipinski definition) is 4. The minimum Gasteiger partial charge on any atom is -0.481 e. The molecule has 0 saturated carbocycles. The predicted molar refractivity (Wildman–Crippen MR) is 144 cm³/mol. The van der Waals surface area contributed by atoms with Crippen LogP contribution in [0.4, 0.5) is 23.4 Å². The molecule has 39 heavy (non-hydrogen) atoms. The number of rotatable bonds is 8. The quantitative estimate of drug-likeness (QED) is 0.273. The number of amides is 1. The first-order valence-corrected chi connectivity index (χ1v) is 13.5. The third-order valence-corrected chi connectivity index (χ3v) is 7.52. The van der Waals surface area contributed by atoms with Crippen molar-refractivity contribution in [3.63, 3.8) is 0 Å². The van der Waals surface area contributed by atoms with E-state index >= 15 is 0 Å². The van der Waals surface area contributed by atoms with Gasteiger partial charge in [-0.2, -0.15) is 13.2 Å². The van der Waals surface area contributed by atoms with Gasteiger partial charge in [-0.25, -0.2) is 9.37 Å². The molecule has 0 spiro atoms. The van der Waals surface area contributed by atoms with E-state index in [4.69, 9.17) is 4.98 Å². The number of fused-ring (bicyclic) bond motifs is 1. The number of carbonyl (C=O) groups excluding carboxylic acids is 1. The van der Waals surface area contributed by atoms with Crippen LogP contribution in [0.1, 0.15) is 65.1 Å². The minimum atomic E-state index is -4.85. The summed E-state index contributed by atoms with van der Waals surface area (Å²) in [6.45, 7) is 2.99. The first kappa shape index (κ1) is 28.8. The molecule has 1 aliphatic rings. The van der Waals surface area contributed by atoms with Gasteiger partial charge in [-0.1, -0.05) is 22.0 Å². The van der Waals surface area contributed by atoms with Crippen LogP contribution >= 0.6 is 15.9 Å². The molecular weight excluding hydrogens is 582 g/mol. The summed E-state index contributed by atoms with van der Waals surface area (Å²) in [7, 11) is 0. The van der Waals surface area contributed by atoms with E-state index in [0.717, 1.165) is 55.0 Å². The molecule has 0 unspecified atom stereocenters. The van der Waals surface area contributed by atoms with Gasteiger partial charge in [0.1, 0.15) is 11.6 Å². The van der Waals surface area contributed by atoms with Crippen molar-refractivity contribution in [2.75, 3.05) is 24.5 Å². The maximum Gasteiger partial charge on any atom is 0.416 e. The average Bonchev–Trinajstić information content (AvgIpc) is 2.88. The van der Waals surface area contributed by atoms with Crippen molar-refractivity contribution in [3.05, 3.63) is 68.9 Å². The maximum atomic E-state index is 14.8. The summed E-state index contributed by atoms with van der Waals surface area (Å²) in [5.74, 6) is -3.43. The number of aromatic nitrogens is 1. The lowest BCUT2D eigenvalue weighted by atomic mass is 9.89. The van der Waals surface area contributed by atoms with E-state index in [1.54, 1.807) is 19.1 Å². The fourth-order valence-electron chi connectivity index (χ4n) is 5.17. The molecule has 0 aliphatic carbocycles. The summed E-state index contributed by atoms with van der Waals surface area (Å²) in [6.07, 6.45) is -2.53. The number of carboxylic acid groups (broad SMARTS) is 1. The van der Waals surface area contributed by atoms with Crippen molar-refractivity contribution >= 4 is 44.5 Å². The van der Waals surface area contributed by atoms with E-state index in [1.165, 1.54) is 0 Å². The summed E-state index contributed by atoms with van der Waals surface area (Å²) >= 11 is 3.42. The highest BCUT2D eigenvalue weighted by molar-refractivity contribution is 9.10. The Balaban J connectivity index is 1.72. The van der Waals surface area contributed by atoms with Crippen LogP contribution in [0.3, 0.4) is 0 Å². The summed E-state index contributed by atoms with van der Waals surface area (Å²) < 4.78 is 56.8. The van der Waals surface area contributed by atoms with Crippen molar-refractivity contribution in [2.24, 2.45) is 0 Å². The molecule has 1 fully saturated rings. The van der Waals surface area contributed by atoms with Gasteiger partial charge in [0, 0.05) is 53.0 Å². The second-order valence-corrected chi connectivity index (χ2v) is 10.6. The van der Waals surface area contributed by atoms with Gasteiger partial charge in [-0.3, -0.25) is 9.59 Å². The van der Waals surface area contributed by atoms with Crippen LogP contribution in [0, 0.1) is 12.7 Å². The van der Waals surface area contributed by atoms with Gasteiger partial charge in [-0.05, 0) is 62.9 Å². The Hall–Kier alpha value is -3.21. The molecule has 1 aliphatic heterocycles. The highest BCUT2D eigenvalue weighted by Crippen LogP contribution is 2.38. The zero-order chi connectivity index (χ0) is 28.3. The fraction of sp³-hybridized carbons (Fsp3) is 0.393. The molecule has 1 saturated heterocycles. The summed E-state index contributed by atoms with van der Waals surface area (Å²) in [5.41, 5.74) is -0.300. The molecule has 1 amide bonds. The first-order chi connectivity index (χ1) is 18.5. The lowest BCUT2D eigenvalue weighted by Gasteiger charge is -2.30. The van der Waals surface area contributed by atoms with E-state index < -0.39 is 47.3 Å². The molecule has 3 aromatic rings. The number of halogens is 5. The van der Waals surface area contributed by atoms with Crippen LogP contribution in [-0.4, -0.2) is 41.6 Å². The van der Waals surface area contributed by atoms with Gasteiger partial charge < -0.3 is 15.3 Å². The third kappa shape index (κ3) is 6.51. The van der Waals surface area contributed by atoms with Crippen LogP contribution < -0.4 is 10.2 Å². The minimum absolute atomic E-state index is 0.291. The molecular formula is C28H28BrF4N3O3. The van der Waals surface area contributed by atoms with Crippen molar-refractivity contribution in [3.8, 4) is 0 Å². The van der Waals surface area contributed by atoms with E-state index in [9.17, 15) is 32.3 Å². The molecule has 2 aromatic carbocycles. The molecule has 208 valence electrons. The Morgan fingerprint density at radius 2 is 1.87 bits per heavy atom. The second kappa shape index (κ2) is 11.9. The van der Waals surface area contributed by atoms with Crippen LogP contribution in [0.5, 0.6) is 0 Å². The molecule has 0 bridgehead atoms. The van der Waals surface area contributed by atoms with Gasteiger partial charge in [0.05, 0.1) is 16.6 Å². The number of nitrogens with zero attached hydrogens (tertiary/aromatic N) is 2. The molecule has 2 N–H and O–H groups in total. The molecule has 1 aromatic heterocycles. The number of piperidine rings is 1. The standard InChI is InChI=1S/C28H28BrF4N3O3/c1-16-24(19-14-18(29)9-10-22(19)35-26(16)36-12-3-2-4-13-36)27(39)34-15-17(8-11-23(37)38)25-20(28(31,32)33)6-5-7-21(25)30/h5-7,9-10,14,17H,2-4,8,11-13,15H2,1H3,(H,34,39)(H,37,38)/t17-/m1/s1. The smallest absolute Gasteiger partial charge is 0.416 e. The highest BCUT2D eigenvalue weighted by Gasteiger charge is 2.37. The van der Waals surface area contributed by atoms with Crippen molar-refractivity contribution in [1.82, 2.24) is 10.3 Å². The van der Waals surface area contributed by atoms with Crippen molar-refractivity contribution < 1.29 is 32.3 Å². The number of aliphatic carboxylic acids is 1. The maximum absolute atomic E-state index is 14.8. The van der Waals surface area contributed by atoms with Crippen molar-refractivity contribution in [2.45, 2.75) is 51.1 Å². The molecule has 1 atom stereocenters.